The number of hydrogen-bond acceptors (Lipinski definition) is 6. The Bertz CT molecular complexity index is 1230. The summed E-state index contributed by atoms with van der Waals surface area (Å²) >= 11 is 0. The monoisotopic (exact) mass is 422 g/mol. The number of aromatic carboxylic acids is 1. The summed E-state index contributed by atoms with van der Waals surface area (Å²) in [6, 6.07) is 11.8. The maximum atomic E-state index is 12.7. The van der Waals surface area contributed by atoms with Crippen molar-refractivity contribution < 1.29 is 24.2 Å². The van der Waals surface area contributed by atoms with E-state index in [1.54, 1.807) is 29.2 Å². The second kappa shape index (κ2) is 8.14. The fraction of sp³-hybridized carbons (Fsp3) is 0.261. The Morgan fingerprint density at radius 2 is 1.90 bits per heavy atom. The molecule has 0 aliphatic carbocycles. The van der Waals surface area contributed by atoms with Gasteiger partial charge in [0, 0.05) is 31.4 Å². The maximum absolute atomic E-state index is 12.7. The number of nitrogens with zero attached hydrogens (tertiary/aromatic N) is 1. The molecule has 0 spiro atoms. The zero-order valence-electron chi connectivity index (χ0n) is 16.9. The quantitative estimate of drug-likeness (QED) is 0.532. The van der Waals surface area contributed by atoms with E-state index in [9.17, 15) is 19.5 Å². The number of carbonyl (C=O) groups is 2. The van der Waals surface area contributed by atoms with Crippen LogP contribution in [0.5, 0.6) is 0 Å². The van der Waals surface area contributed by atoms with Crippen LogP contribution in [0.25, 0.3) is 11.0 Å². The Labute approximate surface area is 177 Å². The number of anilines is 2. The van der Waals surface area contributed by atoms with Crippen molar-refractivity contribution in [1.82, 2.24) is 0 Å². The number of aliphatic carboxylic acids is 1. The fourth-order valence-corrected chi connectivity index (χ4v) is 3.79. The predicted octanol–water partition coefficient (Wildman–Crippen LogP) is 2.98. The van der Waals surface area contributed by atoms with Crippen molar-refractivity contribution >= 4 is 34.5 Å². The average Bonchev–Trinajstić information content (AvgIpc) is 2.67. The van der Waals surface area contributed by atoms with Crippen LogP contribution in [0.15, 0.2) is 51.7 Å². The van der Waals surface area contributed by atoms with Gasteiger partial charge in [-0.15, -0.1) is 0 Å². The highest BCUT2D eigenvalue weighted by Gasteiger charge is 2.34. The average molecular weight is 422 g/mol. The third-order valence-corrected chi connectivity index (χ3v) is 5.45. The van der Waals surface area contributed by atoms with Gasteiger partial charge in [-0.1, -0.05) is 18.2 Å². The van der Waals surface area contributed by atoms with E-state index in [-0.39, 0.29) is 11.0 Å². The van der Waals surface area contributed by atoms with Crippen LogP contribution in [0.2, 0.25) is 0 Å². The van der Waals surface area contributed by atoms with Crippen molar-refractivity contribution in [3.05, 3.63) is 69.4 Å². The standard InChI is InChI=1S/C23H22N2O6/c1-13-8-14(6-7-24-18-5-3-2-4-16(18)23(29)30)21-17(9-13)19(26)10-20(31-21)25-11-15(12-25)22(27)28/h2-5,8-10,15,24H,6-7,11-12H2,1H3,(H,27,28)(H,29,30). The van der Waals surface area contributed by atoms with Gasteiger partial charge in [0.1, 0.15) is 5.58 Å². The Morgan fingerprint density at radius 1 is 1.16 bits per heavy atom. The summed E-state index contributed by atoms with van der Waals surface area (Å²) in [6.45, 7) is 2.95. The number of carboxylic acid groups (broad SMARTS) is 2. The molecule has 3 aromatic rings. The smallest absolute Gasteiger partial charge is 0.337 e. The van der Waals surface area contributed by atoms with Crippen LogP contribution < -0.4 is 15.6 Å². The van der Waals surface area contributed by atoms with Gasteiger partial charge in [0.2, 0.25) is 0 Å². The molecule has 160 valence electrons. The van der Waals surface area contributed by atoms with Gasteiger partial charge in [-0.25, -0.2) is 4.79 Å². The van der Waals surface area contributed by atoms with Gasteiger partial charge in [-0.05, 0) is 42.7 Å². The van der Waals surface area contributed by atoms with Gasteiger partial charge in [-0.2, -0.15) is 0 Å². The van der Waals surface area contributed by atoms with Crippen molar-refractivity contribution in [2.45, 2.75) is 13.3 Å². The summed E-state index contributed by atoms with van der Waals surface area (Å²) in [5.41, 5.74) is 2.75. The Balaban J connectivity index is 1.59. The largest absolute Gasteiger partial charge is 0.481 e. The van der Waals surface area contributed by atoms with Crippen molar-refractivity contribution in [3.8, 4) is 0 Å². The van der Waals surface area contributed by atoms with E-state index in [4.69, 9.17) is 9.52 Å². The van der Waals surface area contributed by atoms with E-state index in [0.29, 0.717) is 48.6 Å². The molecule has 8 nitrogen and oxygen atoms in total. The molecular formula is C23H22N2O6. The maximum Gasteiger partial charge on any atom is 0.337 e. The molecule has 2 heterocycles. The zero-order chi connectivity index (χ0) is 22.1. The molecule has 1 aliphatic heterocycles. The summed E-state index contributed by atoms with van der Waals surface area (Å²) < 4.78 is 6.04. The number of para-hydroxylation sites is 1. The molecule has 0 saturated carbocycles. The highest BCUT2D eigenvalue weighted by atomic mass is 16.4. The molecule has 0 amide bonds. The van der Waals surface area contributed by atoms with E-state index in [1.807, 2.05) is 13.0 Å². The summed E-state index contributed by atoms with van der Waals surface area (Å²) in [5.74, 6) is -1.96. The number of rotatable bonds is 7. The first kappa shape index (κ1) is 20.5. The van der Waals surface area contributed by atoms with E-state index >= 15 is 0 Å². The number of aryl methyl sites for hydroxylation is 1. The van der Waals surface area contributed by atoms with Gasteiger partial charge in [-0.3, -0.25) is 9.59 Å². The second-order valence-corrected chi connectivity index (χ2v) is 7.72. The highest BCUT2D eigenvalue weighted by molar-refractivity contribution is 5.94. The Morgan fingerprint density at radius 3 is 2.61 bits per heavy atom. The number of benzene rings is 2. The molecule has 4 rings (SSSR count). The molecule has 1 aliphatic rings. The molecule has 0 atom stereocenters. The summed E-state index contributed by atoms with van der Waals surface area (Å²) in [7, 11) is 0. The third kappa shape index (κ3) is 4.09. The van der Waals surface area contributed by atoms with Gasteiger partial charge in [0.05, 0.1) is 16.9 Å². The molecule has 1 aromatic heterocycles. The molecule has 8 heteroatoms. The lowest BCUT2D eigenvalue weighted by Gasteiger charge is -2.36. The lowest BCUT2D eigenvalue weighted by atomic mass is 10.0. The predicted molar refractivity (Wildman–Crippen MR) is 116 cm³/mol. The number of nitrogens with one attached hydrogen (secondary N) is 1. The number of hydrogen-bond donors (Lipinski definition) is 3. The Hall–Kier alpha value is -3.81. The van der Waals surface area contributed by atoms with Gasteiger partial charge < -0.3 is 24.8 Å². The van der Waals surface area contributed by atoms with Crippen LogP contribution in [0.1, 0.15) is 21.5 Å². The van der Waals surface area contributed by atoms with Gasteiger partial charge in [0.15, 0.2) is 11.3 Å². The highest BCUT2D eigenvalue weighted by Crippen LogP contribution is 2.29. The lowest BCUT2D eigenvalue weighted by molar-refractivity contribution is -0.142. The minimum atomic E-state index is -1.01. The molecular weight excluding hydrogens is 400 g/mol. The van der Waals surface area contributed by atoms with Crippen LogP contribution in [0.4, 0.5) is 11.6 Å². The van der Waals surface area contributed by atoms with Crippen LogP contribution in [0, 0.1) is 12.8 Å². The minimum Gasteiger partial charge on any atom is -0.481 e. The summed E-state index contributed by atoms with van der Waals surface area (Å²) in [6.07, 6.45) is 0.510. The zero-order valence-corrected chi connectivity index (χ0v) is 16.9. The molecule has 1 saturated heterocycles. The van der Waals surface area contributed by atoms with Crippen molar-refractivity contribution in [2.75, 3.05) is 29.9 Å². The van der Waals surface area contributed by atoms with Crippen molar-refractivity contribution in [2.24, 2.45) is 5.92 Å². The lowest BCUT2D eigenvalue weighted by Crippen LogP contribution is -2.50. The molecule has 0 radical (unpaired) electrons. The topological polar surface area (TPSA) is 120 Å². The van der Waals surface area contributed by atoms with Crippen LogP contribution in [-0.4, -0.2) is 41.8 Å². The van der Waals surface area contributed by atoms with Gasteiger partial charge >= 0.3 is 11.9 Å². The normalized spacial score (nSPS) is 13.8. The van der Waals surface area contributed by atoms with Gasteiger partial charge in [0.25, 0.3) is 0 Å². The first-order valence-electron chi connectivity index (χ1n) is 9.95. The molecule has 0 bridgehead atoms. The Kier molecular flexibility index (Phi) is 5.37. The summed E-state index contributed by atoms with van der Waals surface area (Å²) in [5, 5.41) is 22.0. The molecule has 1 fully saturated rings. The van der Waals surface area contributed by atoms with E-state index in [2.05, 4.69) is 5.32 Å². The number of fused-ring (bicyclic) bond motifs is 1. The molecule has 3 N–H and O–H groups in total. The SMILES string of the molecule is Cc1cc(CCNc2ccccc2C(=O)O)c2oc(N3CC(C(=O)O)C3)cc(=O)c2c1. The van der Waals surface area contributed by atoms with E-state index < -0.39 is 17.9 Å². The minimum absolute atomic E-state index is 0.177. The molecule has 0 unspecified atom stereocenters. The first-order chi connectivity index (χ1) is 14.8. The third-order valence-electron chi connectivity index (χ3n) is 5.45. The molecule has 2 aromatic carbocycles. The van der Waals surface area contributed by atoms with Crippen LogP contribution >= 0.6 is 0 Å². The van der Waals surface area contributed by atoms with Crippen molar-refractivity contribution in [1.29, 1.82) is 0 Å². The van der Waals surface area contributed by atoms with E-state index in [0.717, 1.165) is 11.1 Å². The second-order valence-electron chi connectivity index (χ2n) is 7.72. The van der Waals surface area contributed by atoms with E-state index in [1.165, 1.54) is 12.1 Å². The van der Waals surface area contributed by atoms with Crippen LogP contribution in [0.3, 0.4) is 0 Å². The first-order valence-corrected chi connectivity index (χ1v) is 9.95. The summed E-state index contributed by atoms with van der Waals surface area (Å²) in [4.78, 5) is 36.9. The van der Waals surface area contributed by atoms with Crippen LogP contribution in [-0.2, 0) is 11.2 Å². The molecule has 31 heavy (non-hydrogen) atoms. The fourth-order valence-electron chi connectivity index (χ4n) is 3.79. The number of carboxylic acids is 2. The van der Waals surface area contributed by atoms with Crippen molar-refractivity contribution in [3.63, 3.8) is 0 Å².